The summed E-state index contributed by atoms with van der Waals surface area (Å²) in [6.45, 7) is 0. The van der Waals surface area contributed by atoms with E-state index in [-0.39, 0.29) is 11.8 Å². The average Bonchev–Trinajstić information content (AvgIpc) is 3.26. The van der Waals surface area contributed by atoms with E-state index >= 15 is 0 Å². The van der Waals surface area contributed by atoms with Crippen LogP contribution in [0.4, 0.5) is 5.69 Å². The van der Waals surface area contributed by atoms with Crippen LogP contribution in [0.1, 0.15) is 12.8 Å². The number of carbonyl (C=O) groups excluding carboxylic acids is 1. The summed E-state index contributed by atoms with van der Waals surface area (Å²) in [5.41, 5.74) is 8.48. The molecule has 0 unspecified atom stereocenters. The molecular weight excluding hydrogens is 458 g/mol. The van der Waals surface area contributed by atoms with Gasteiger partial charge < -0.3 is 10.3 Å². The maximum absolute atomic E-state index is 12.2. The maximum atomic E-state index is 12.2. The third kappa shape index (κ3) is 3.57. The fraction of sp³-hybridized carbons (Fsp3) is 0.115. The van der Waals surface area contributed by atoms with E-state index in [2.05, 4.69) is 48.4 Å². The number of fused-ring (bicyclic) bond motifs is 2. The molecule has 0 atom stereocenters. The maximum Gasteiger partial charge on any atom is 0.227 e. The summed E-state index contributed by atoms with van der Waals surface area (Å²) in [7, 11) is 0. The van der Waals surface area contributed by atoms with E-state index < -0.39 is 0 Å². The summed E-state index contributed by atoms with van der Waals surface area (Å²) >= 11 is 1.66. The molecule has 1 aliphatic rings. The zero-order valence-electron chi connectivity index (χ0n) is 18.4. The lowest BCUT2D eigenvalue weighted by atomic mass is 10.1. The fourth-order valence-electron chi connectivity index (χ4n) is 4.26. The Morgan fingerprint density at radius 1 is 1.00 bits per heavy atom. The number of amides is 1. The first kappa shape index (κ1) is 20.0. The van der Waals surface area contributed by atoms with Crippen LogP contribution in [-0.4, -0.2) is 36.0 Å². The Hall–Kier alpha value is -4.37. The number of nitrogens with one attached hydrogen (secondary N) is 3. The van der Waals surface area contributed by atoms with Crippen LogP contribution in [0.15, 0.2) is 65.6 Å². The number of benzene rings is 1. The standard InChI is InChI=1S/C26H19N7OS/c34-26(14-4-5-14)28-17-10-16(11-27-12-17)19-6-7-21-23(29-19)24(33-32-21)25-30-20-3-1-2-18(22(20)31-25)15-8-9-35-13-15/h1-3,6-14H,4-5H2,(H,28,34)(H,30,31)(H,32,33). The molecule has 35 heavy (non-hydrogen) atoms. The summed E-state index contributed by atoms with van der Waals surface area (Å²) in [4.78, 5) is 29.7. The highest BCUT2D eigenvalue weighted by molar-refractivity contribution is 7.08. The molecule has 1 fully saturated rings. The third-order valence-corrected chi connectivity index (χ3v) is 6.91. The number of anilines is 1. The van der Waals surface area contributed by atoms with E-state index in [0.29, 0.717) is 22.7 Å². The quantitative estimate of drug-likeness (QED) is 0.297. The first-order valence-electron chi connectivity index (χ1n) is 11.4. The lowest BCUT2D eigenvalue weighted by Crippen LogP contribution is -2.13. The van der Waals surface area contributed by atoms with Crippen molar-refractivity contribution in [2.24, 2.45) is 5.92 Å². The summed E-state index contributed by atoms with van der Waals surface area (Å²) in [5, 5.41) is 14.7. The van der Waals surface area contributed by atoms with Gasteiger partial charge in [-0.15, -0.1) is 0 Å². The Morgan fingerprint density at radius 3 is 2.80 bits per heavy atom. The number of aromatic nitrogens is 6. The number of imidazole rings is 1. The summed E-state index contributed by atoms with van der Waals surface area (Å²) in [5.74, 6) is 0.837. The molecule has 8 nitrogen and oxygen atoms in total. The number of pyridine rings is 2. The Kier molecular flexibility index (Phi) is 4.49. The van der Waals surface area contributed by atoms with E-state index in [1.54, 1.807) is 23.7 Å². The Bertz CT molecular complexity index is 1710. The van der Waals surface area contributed by atoms with Gasteiger partial charge in [0, 0.05) is 23.2 Å². The van der Waals surface area contributed by atoms with Gasteiger partial charge in [0.15, 0.2) is 11.5 Å². The number of rotatable bonds is 5. The van der Waals surface area contributed by atoms with Crippen LogP contribution in [-0.2, 0) is 4.79 Å². The third-order valence-electron chi connectivity index (χ3n) is 6.23. The van der Waals surface area contributed by atoms with Crippen LogP contribution in [0.25, 0.3) is 56.0 Å². The second kappa shape index (κ2) is 7.85. The Balaban J connectivity index is 1.29. The minimum absolute atomic E-state index is 0.0520. The van der Waals surface area contributed by atoms with Crippen molar-refractivity contribution >= 4 is 45.0 Å². The molecule has 3 N–H and O–H groups in total. The van der Waals surface area contributed by atoms with Gasteiger partial charge in [-0.1, -0.05) is 12.1 Å². The molecule has 5 aromatic heterocycles. The predicted octanol–water partition coefficient (Wildman–Crippen LogP) is 5.64. The second-order valence-corrected chi connectivity index (χ2v) is 9.47. The van der Waals surface area contributed by atoms with Crippen molar-refractivity contribution in [2.45, 2.75) is 12.8 Å². The van der Waals surface area contributed by atoms with Gasteiger partial charge in [-0.3, -0.25) is 14.9 Å². The monoisotopic (exact) mass is 477 g/mol. The van der Waals surface area contributed by atoms with Crippen LogP contribution in [0.5, 0.6) is 0 Å². The molecule has 1 aliphatic carbocycles. The van der Waals surface area contributed by atoms with Gasteiger partial charge >= 0.3 is 0 Å². The van der Waals surface area contributed by atoms with Crippen molar-refractivity contribution in [1.82, 2.24) is 30.1 Å². The normalized spacial score (nSPS) is 13.5. The second-order valence-electron chi connectivity index (χ2n) is 8.69. The molecule has 0 radical (unpaired) electrons. The smallest absolute Gasteiger partial charge is 0.227 e. The van der Waals surface area contributed by atoms with E-state index in [9.17, 15) is 4.79 Å². The highest BCUT2D eigenvalue weighted by atomic mass is 32.1. The minimum atomic E-state index is 0.0520. The number of hydrogen-bond donors (Lipinski definition) is 3. The van der Waals surface area contributed by atoms with E-state index in [1.165, 1.54) is 0 Å². The van der Waals surface area contributed by atoms with Gasteiger partial charge in [0.25, 0.3) is 0 Å². The number of carbonyl (C=O) groups is 1. The first-order valence-corrected chi connectivity index (χ1v) is 12.3. The van der Waals surface area contributed by atoms with Gasteiger partial charge in [0.2, 0.25) is 5.91 Å². The Morgan fingerprint density at radius 2 is 1.94 bits per heavy atom. The lowest BCUT2D eigenvalue weighted by molar-refractivity contribution is -0.117. The molecule has 170 valence electrons. The topological polar surface area (TPSA) is 112 Å². The van der Waals surface area contributed by atoms with Crippen molar-refractivity contribution in [1.29, 1.82) is 0 Å². The van der Waals surface area contributed by atoms with Crippen molar-refractivity contribution in [3.8, 4) is 33.9 Å². The molecule has 6 aromatic rings. The van der Waals surface area contributed by atoms with Gasteiger partial charge in [-0.2, -0.15) is 16.4 Å². The molecule has 0 saturated heterocycles. The SMILES string of the molecule is O=C(Nc1cncc(-c2ccc3[nH]nc(-c4nc5c(-c6ccsc6)cccc5[nH]4)c3n2)c1)C1CC1. The van der Waals surface area contributed by atoms with Gasteiger partial charge in [0.1, 0.15) is 5.52 Å². The van der Waals surface area contributed by atoms with Crippen LogP contribution in [0, 0.1) is 5.92 Å². The highest BCUT2D eigenvalue weighted by Gasteiger charge is 2.29. The van der Waals surface area contributed by atoms with E-state index in [4.69, 9.17) is 9.97 Å². The minimum Gasteiger partial charge on any atom is -0.336 e. The lowest BCUT2D eigenvalue weighted by Gasteiger charge is -2.06. The highest BCUT2D eigenvalue weighted by Crippen LogP contribution is 2.33. The zero-order valence-corrected chi connectivity index (χ0v) is 19.3. The fourth-order valence-corrected chi connectivity index (χ4v) is 4.91. The average molecular weight is 478 g/mol. The van der Waals surface area contributed by atoms with Crippen LogP contribution < -0.4 is 5.32 Å². The number of thiophene rings is 1. The number of para-hydroxylation sites is 1. The van der Waals surface area contributed by atoms with Gasteiger partial charge in [-0.25, -0.2) is 9.97 Å². The molecule has 0 bridgehead atoms. The molecule has 5 heterocycles. The summed E-state index contributed by atoms with van der Waals surface area (Å²) < 4.78 is 0. The van der Waals surface area contributed by atoms with E-state index in [1.807, 2.05) is 30.3 Å². The molecule has 1 amide bonds. The van der Waals surface area contributed by atoms with Crippen molar-refractivity contribution in [2.75, 3.05) is 5.32 Å². The number of aromatic amines is 2. The number of H-pyrrole nitrogens is 2. The molecule has 0 spiro atoms. The molecule has 7 rings (SSSR count). The van der Waals surface area contributed by atoms with Crippen LogP contribution in [0.3, 0.4) is 0 Å². The Labute approximate surface area is 203 Å². The number of hydrogen-bond acceptors (Lipinski definition) is 6. The molecule has 1 saturated carbocycles. The van der Waals surface area contributed by atoms with Gasteiger partial charge in [-0.05, 0) is 59.5 Å². The summed E-state index contributed by atoms with van der Waals surface area (Å²) in [6.07, 6.45) is 5.31. The molecule has 1 aromatic carbocycles. The van der Waals surface area contributed by atoms with Crippen LogP contribution in [0.2, 0.25) is 0 Å². The number of nitrogens with zero attached hydrogens (tertiary/aromatic N) is 4. The molecule has 9 heteroatoms. The predicted molar refractivity (Wildman–Crippen MR) is 137 cm³/mol. The zero-order chi connectivity index (χ0) is 23.4. The summed E-state index contributed by atoms with van der Waals surface area (Å²) in [6, 6.07) is 14.0. The van der Waals surface area contributed by atoms with Crippen molar-refractivity contribution in [3.05, 3.63) is 65.6 Å². The molecule has 0 aliphatic heterocycles. The largest absolute Gasteiger partial charge is 0.336 e. The van der Waals surface area contributed by atoms with Crippen molar-refractivity contribution in [3.63, 3.8) is 0 Å². The first-order chi connectivity index (χ1) is 17.2. The molecular formula is C26H19N7OS. The van der Waals surface area contributed by atoms with Gasteiger partial charge in [0.05, 0.1) is 34.1 Å². The van der Waals surface area contributed by atoms with Crippen molar-refractivity contribution < 1.29 is 4.79 Å². The van der Waals surface area contributed by atoms with Crippen LogP contribution >= 0.6 is 11.3 Å². The van der Waals surface area contributed by atoms with E-state index in [0.717, 1.165) is 51.8 Å².